The number of rotatable bonds is 3. The van der Waals surface area contributed by atoms with Gasteiger partial charge in [0.25, 0.3) is 0 Å². The molecule has 2 rings (SSSR count). The molecule has 1 atom stereocenters. The zero-order valence-electron chi connectivity index (χ0n) is 9.29. The van der Waals surface area contributed by atoms with Gasteiger partial charge in [0.2, 0.25) is 0 Å². The number of cyclic esters (lactones) is 1. The zero-order chi connectivity index (χ0) is 12.4. The SMILES string of the molecule is Cc1ccc(CN2C(=O)OCC2C(=O)O)cn1. The molecular weight excluding hydrogens is 224 g/mol. The van der Waals surface area contributed by atoms with Crippen molar-refractivity contribution in [2.45, 2.75) is 19.5 Å². The van der Waals surface area contributed by atoms with Crippen LogP contribution in [0.25, 0.3) is 0 Å². The molecule has 17 heavy (non-hydrogen) atoms. The van der Waals surface area contributed by atoms with Gasteiger partial charge < -0.3 is 9.84 Å². The minimum absolute atomic E-state index is 0.104. The molecule has 90 valence electrons. The van der Waals surface area contributed by atoms with Crippen LogP contribution in [0.3, 0.4) is 0 Å². The van der Waals surface area contributed by atoms with E-state index in [1.54, 1.807) is 6.20 Å². The summed E-state index contributed by atoms with van der Waals surface area (Å²) in [4.78, 5) is 27.6. The lowest BCUT2D eigenvalue weighted by molar-refractivity contribution is -0.141. The summed E-state index contributed by atoms with van der Waals surface area (Å²) < 4.78 is 4.72. The Hall–Kier alpha value is -2.11. The predicted octanol–water partition coefficient (Wildman–Crippen LogP) is 0.795. The first-order valence-electron chi connectivity index (χ1n) is 5.15. The monoisotopic (exact) mass is 236 g/mol. The van der Waals surface area contributed by atoms with E-state index in [-0.39, 0.29) is 13.2 Å². The van der Waals surface area contributed by atoms with Gasteiger partial charge in [0, 0.05) is 11.9 Å². The Kier molecular flexibility index (Phi) is 2.95. The molecule has 0 radical (unpaired) electrons. The highest BCUT2D eigenvalue weighted by Crippen LogP contribution is 2.16. The van der Waals surface area contributed by atoms with Crippen molar-refractivity contribution < 1.29 is 19.4 Å². The number of carbonyl (C=O) groups excluding carboxylic acids is 1. The molecule has 1 aliphatic rings. The third-order valence-corrected chi connectivity index (χ3v) is 2.59. The molecule has 0 saturated carbocycles. The number of pyridine rings is 1. The molecule has 6 nitrogen and oxygen atoms in total. The summed E-state index contributed by atoms with van der Waals surface area (Å²) in [7, 11) is 0. The number of aliphatic carboxylic acids is 1. The van der Waals surface area contributed by atoms with E-state index in [2.05, 4.69) is 4.98 Å². The second-order valence-corrected chi connectivity index (χ2v) is 3.87. The molecule has 1 unspecified atom stereocenters. The van der Waals surface area contributed by atoms with Crippen LogP contribution in [0.2, 0.25) is 0 Å². The molecule has 1 aromatic heterocycles. The lowest BCUT2D eigenvalue weighted by Gasteiger charge is -2.17. The van der Waals surface area contributed by atoms with Crippen LogP contribution in [0.1, 0.15) is 11.3 Å². The Bertz CT molecular complexity index is 443. The largest absolute Gasteiger partial charge is 0.480 e. The van der Waals surface area contributed by atoms with Gasteiger partial charge >= 0.3 is 12.1 Å². The van der Waals surface area contributed by atoms with Crippen molar-refractivity contribution in [1.29, 1.82) is 0 Å². The highest BCUT2D eigenvalue weighted by Gasteiger charge is 2.37. The molecule has 6 heteroatoms. The zero-order valence-corrected chi connectivity index (χ0v) is 9.29. The van der Waals surface area contributed by atoms with E-state index in [0.717, 1.165) is 11.3 Å². The van der Waals surface area contributed by atoms with Gasteiger partial charge in [-0.1, -0.05) is 6.07 Å². The van der Waals surface area contributed by atoms with Gasteiger partial charge in [0.1, 0.15) is 6.61 Å². The van der Waals surface area contributed by atoms with Crippen LogP contribution in [-0.4, -0.2) is 39.7 Å². The van der Waals surface area contributed by atoms with Crippen LogP contribution >= 0.6 is 0 Å². The van der Waals surface area contributed by atoms with Gasteiger partial charge in [-0.15, -0.1) is 0 Å². The Labute approximate surface area is 97.8 Å². The van der Waals surface area contributed by atoms with Gasteiger partial charge in [0.05, 0.1) is 6.54 Å². The number of carbonyl (C=O) groups is 2. The first-order chi connectivity index (χ1) is 8.08. The fourth-order valence-electron chi connectivity index (χ4n) is 1.62. The Morgan fingerprint density at radius 2 is 2.41 bits per heavy atom. The molecule has 0 aromatic carbocycles. The third kappa shape index (κ3) is 2.35. The van der Waals surface area contributed by atoms with Crippen molar-refractivity contribution >= 4 is 12.1 Å². The van der Waals surface area contributed by atoms with Gasteiger partial charge in [-0.25, -0.2) is 9.59 Å². The second-order valence-electron chi connectivity index (χ2n) is 3.87. The van der Waals surface area contributed by atoms with Crippen LogP contribution in [-0.2, 0) is 16.1 Å². The Morgan fingerprint density at radius 3 is 3.00 bits per heavy atom. The molecular formula is C11H12N2O4. The highest BCUT2D eigenvalue weighted by molar-refractivity contribution is 5.82. The molecule has 1 amide bonds. The number of carboxylic acids is 1. The standard InChI is InChI=1S/C11H12N2O4/c1-7-2-3-8(4-12-7)5-13-9(10(14)15)6-17-11(13)16/h2-4,9H,5-6H2,1H3,(H,14,15). The van der Waals surface area contributed by atoms with Crippen molar-refractivity contribution in [3.8, 4) is 0 Å². The number of aryl methyl sites for hydroxylation is 1. The molecule has 0 aliphatic carbocycles. The first kappa shape index (κ1) is 11.4. The average molecular weight is 236 g/mol. The summed E-state index contributed by atoms with van der Waals surface area (Å²) in [5.74, 6) is -1.06. The number of aromatic nitrogens is 1. The van der Waals surface area contributed by atoms with E-state index in [1.807, 2.05) is 19.1 Å². The molecule has 0 bridgehead atoms. The topological polar surface area (TPSA) is 79.7 Å². The van der Waals surface area contributed by atoms with E-state index < -0.39 is 18.1 Å². The van der Waals surface area contributed by atoms with Crippen LogP contribution in [0.4, 0.5) is 4.79 Å². The maximum Gasteiger partial charge on any atom is 0.411 e. The number of nitrogens with zero attached hydrogens (tertiary/aromatic N) is 2. The second kappa shape index (κ2) is 4.40. The number of hydrogen-bond acceptors (Lipinski definition) is 4. The maximum atomic E-state index is 11.4. The third-order valence-electron chi connectivity index (χ3n) is 2.59. The van der Waals surface area contributed by atoms with Gasteiger partial charge in [-0.3, -0.25) is 9.88 Å². The van der Waals surface area contributed by atoms with Crippen molar-refractivity contribution in [2.75, 3.05) is 6.61 Å². The first-order valence-corrected chi connectivity index (χ1v) is 5.15. The molecule has 0 spiro atoms. The normalized spacial score (nSPS) is 19.2. The van der Waals surface area contributed by atoms with Crippen molar-refractivity contribution in [1.82, 2.24) is 9.88 Å². The maximum absolute atomic E-state index is 11.4. The fourth-order valence-corrected chi connectivity index (χ4v) is 1.62. The number of carboxylic acid groups (broad SMARTS) is 1. The van der Waals surface area contributed by atoms with Crippen LogP contribution in [0.5, 0.6) is 0 Å². The molecule has 1 aliphatic heterocycles. The summed E-state index contributed by atoms with van der Waals surface area (Å²) in [5.41, 5.74) is 1.65. The summed E-state index contributed by atoms with van der Waals surface area (Å²) in [6, 6.07) is 2.71. The fraction of sp³-hybridized carbons (Fsp3) is 0.364. The van der Waals surface area contributed by atoms with E-state index >= 15 is 0 Å². The Balaban J connectivity index is 2.13. The van der Waals surface area contributed by atoms with E-state index in [0.29, 0.717) is 0 Å². The van der Waals surface area contributed by atoms with E-state index in [9.17, 15) is 9.59 Å². The van der Waals surface area contributed by atoms with Gasteiger partial charge in [-0.2, -0.15) is 0 Å². The summed E-state index contributed by atoms with van der Waals surface area (Å²) in [6.07, 6.45) is 1.03. The number of amides is 1. The molecule has 1 aromatic rings. The van der Waals surface area contributed by atoms with Crippen LogP contribution in [0, 0.1) is 6.92 Å². The summed E-state index contributed by atoms with van der Waals surface area (Å²) in [6.45, 7) is 1.95. The summed E-state index contributed by atoms with van der Waals surface area (Å²) >= 11 is 0. The van der Waals surface area contributed by atoms with Crippen LogP contribution in [0.15, 0.2) is 18.3 Å². The molecule has 1 N–H and O–H groups in total. The smallest absolute Gasteiger partial charge is 0.411 e. The molecule has 1 fully saturated rings. The summed E-state index contributed by atoms with van der Waals surface area (Å²) in [5, 5.41) is 8.93. The number of ether oxygens (including phenoxy) is 1. The molecule has 2 heterocycles. The molecule has 1 saturated heterocycles. The van der Waals surface area contributed by atoms with Crippen LogP contribution < -0.4 is 0 Å². The Morgan fingerprint density at radius 1 is 1.65 bits per heavy atom. The van der Waals surface area contributed by atoms with E-state index in [4.69, 9.17) is 9.84 Å². The number of hydrogen-bond donors (Lipinski definition) is 1. The van der Waals surface area contributed by atoms with Gasteiger partial charge in [-0.05, 0) is 18.6 Å². The highest BCUT2D eigenvalue weighted by atomic mass is 16.6. The van der Waals surface area contributed by atoms with Crippen molar-refractivity contribution in [3.05, 3.63) is 29.6 Å². The average Bonchev–Trinajstić information content (AvgIpc) is 2.64. The minimum atomic E-state index is -1.06. The predicted molar refractivity (Wildman–Crippen MR) is 57.3 cm³/mol. The van der Waals surface area contributed by atoms with Gasteiger partial charge in [0.15, 0.2) is 6.04 Å². The lowest BCUT2D eigenvalue weighted by atomic mass is 10.2. The van der Waals surface area contributed by atoms with Crippen molar-refractivity contribution in [3.63, 3.8) is 0 Å². The minimum Gasteiger partial charge on any atom is -0.480 e. The quantitative estimate of drug-likeness (QED) is 0.839. The lowest BCUT2D eigenvalue weighted by Crippen LogP contribution is -2.38. The van der Waals surface area contributed by atoms with Crippen molar-refractivity contribution in [2.24, 2.45) is 0 Å². The van der Waals surface area contributed by atoms with E-state index in [1.165, 1.54) is 4.90 Å².